The zero-order valence-corrected chi connectivity index (χ0v) is 7.35. The Morgan fingerprint density at radius 1 is 1.31 bits per heavy atom. The quantitative estimate of drug-likeness (QED) is 0.748. The van der Waals surface area contributed by atoms with Gasteiger partial charge in [0.05, 0.1) is 0 Å². The highest BCUT2D eigenvalue weighted by Crippen LogP contribution is 2.11. The molecule has 70 valence electrons. The summed E-state index contributed by atoms with van der Waals surface area (Å²) in [5.41, 5.74) is 6.72. The Morgan fingerprint density at radius 3 is 2.31 bits per heavy atom. The minimum atomic E-state index is -0.573. The van der Waals surface area contributed by atoms with Crippen LogP contribution >= 0.6 is 0 Å². The molecule has 1 aromatic carbocycles. The normalized spacial score (nSPS) is 11.8. The second-order valence-corrected chi connectivity index (χ2v) is 2.90. The van der Waals surface area contributed by atoms with Crippen LogP contribution < -0.4 is 5.73 Å². The van der Waals surface area contributed by atoms with Crippen molar-refractivity contribution in [2.75, 3.05) is 6.54 Å². The van der Waals surface area contributed by atoms with E-state index in [2.05, 4.69) is 0 Å². The summed E-state index contributed by atoms with van der Waals surface area (Å²) in [6, 6.07) is 3.37. The Balaban J connectivity index is 3.02. The van der Waals surface area contributed by atoms with E-state index in [1.54, 1.807) is 6.08 Å². The van der Waals surface area contributed by atoms with Crippen LogP contribution in [0.5, 0.6) is 0 Å². The molecule has 0 aromatic heterocycles. The van der Waals surface area contributed by atoms with Crippen molar-refractivity contribution in [3.63, 3.8) is 0 Å². The molecule has 0 unspecified atom stereocenters. The van der Waals surface area contributed by atoms with Gasteiger partial charge in [0, 0.05) is 12.6 Å². The molecule has 1 nitrogen and oxygen atoms in total. The average molecular weight is 183 g/mol. The largest absolute Gasteiger partial charge is 0.327 e. The molecule has 0 amide bonds. The highest BCUT2D eigenvalue weighted by molar-refractivity contribution is 5.52. The highest BCUT2D eigenvalue weighted by Gasteiger charge is 1.97. The SMILES string of the molecule is C/C(=C/c1cc(F)cc(F)c1)CN. The van der Waals surface area contributed by atoms with Crippen LogP contribution in [-0.4, -0.2) is 6.54 Å². The van der Waals surface area contributed by atoms with Gasteiger partial charge in [-0.3, -0.25) is 0 Å². The monoisotopic (exact) mass is 183 g/mol. The third kappa shape index (κ3) is 2.95. The number of hydrogen-bond donors (Lipinski definition) is 1. The van der Waals surface area contributed by atoms with Crippen LogP contribution in [0, 0.1) is 11.6 Å². The predicted molar refractivity (Wildman–Crippen MR) is 49.1 cm³/mol. The molecule has 0 radical (unpaired) electrons. The van der Waals surface area contributed by atoms with Crippen molar-refractivity contribution in [1.82, 2.24) is 0 Å². The molecule has 0 saturated carbocycles. The maximum Gasteiger partial charge on any atom is 0.126 e. The molecule has 13 heavy (non-hydrogen) atoms. The van der Waals surface area contributed by atoms with Crippen LogP contribution in [-0.2, 0) is 0 Å². The number of halogens is 2. The lowest BCUT2D eigenvalue weighted by molar-refractivity contribution is 0.583. The Hall–Kier alpha value is -1.22. The van der Waals surface area contributed by atoms with Gasteiger partial charge in [0.2, 0.25) is 0 Å². The number of benzene rings is 1. The van der Waals surface area contributed by atoms with Gasteiger partial charge in [-0.2, -0.15) is 0 Å². The third-order valence-corrected chi connectivity index (χ3v) is 1.62. The fourth-order valence-corrected chi connectivity index (χ4v) is 1.00. The number of hydrogen-bond acceptors (Lipinski definition) is 1. The van der Waals surface area contributed by atoms with E-state index in [-0.39, 0.29) is 0 Å². The van der Waals surface area contributed by atoms with E-state index >= 15 is 0 Å². The van der Waals surface area contributed by atoms with E-state index in [1.165, 1.54) is 12.1 Å². The van der Waals surface area contributed by atoms with E-state index in [4.69, 9.17) is 5.73 Å². The molecule has 0 aliphatic carbocycles. The molecule has 1 aromatic rings. The molecule has 0 fully saturated rings. The van der Waals surface area contributed by atoms with Crippen molar-refractivity contribution in [2.45, 2.75) is 6.92 Å². The Bertz CT molecular complexity index is 311. The molecule has 0 aliphatic heterocycles. The molecule has 0 heterocycles. The van der Waals surface area contributed by atoms with E-state index < -0.39 is 11.6 Å². The molecule has 0 spiro atoms. The minimum absolute atomic E-state index is 0.387. The lowest BCUT2D eigenvalue weighted by atomic mass is 10.1. The lowest BCUT2D eigenvalue weighted by Crippen LogP contribution is -1.99. The molecule has 2 N–H and O–H groups in total. The first kappa shape index (κ1) is 9.86. The first-order valence-electron chi connectivity index (χ1n) is 3.95. The van der Waals surface area contributed by atoms with Crippen molar-refractivity contribution < 1.29 is 8.78 Å². The van der Waals surface area contributed by atoms with E-state index in [0.717, 1.165) is 11.6 Å². The van der Waals surface area contributed by atoms with Crippen molar-refractivity contribution in [3.8, 4) is 0 Å². The molecule has 0 bridgehead atoms. The smallest absolute Gasteiger partial charge is 0.126 e. The Morgan fingerprint density at radius 2 is 1.85 bits per heavy atom. The third-order valence-electron chi connectivity index (χ3n) is 1.62. The predicted octanol–water partition coefficient (Wildman–Crippen LogP) is 2.33. The van der Waals surface area contributed by atoms with Gasteiger partial charge in [-0.25, -0.2) is 8.78 Å². The minimum Gasteiger partial charge on any atom is -0.327 e. The van der Waals surface area contributed by atoms with Crippen LogP contribution in [0.3, 0.4) is 0 Å². The topological polar surface area (TPSA) is 26.0 Å². The van der Waals surface area contributed by atoms with Crippen LogP contribution in [0.1, 0.15) is 12.5 Å². The van der Waals surface area contributed by atoms with Crippen molar-refractivity contribution >= 4 is 6.08 Å². The van der Waals surface area contributed by atoms with Gasteiger partial charge in [-0.1, -0.05) is 11.6 Å². The maximum atomic E-state index is 12.7. The summed E-state index contributed by atoms with van der Waals surface area (Å²) in [4.78, 5) is 0. The van der Waals surface area contributed by atoms with Gasteiger partial charge in [0.15, 0.2) is 0 Å². The molecule has 3 heteroatoms. The fourth-order valence-electron chi connectivity index (χ4n) is 1.00. The molecule has 0 saturated heterocycles. The van der Waals surface area contributed by atoms with Crippen LogP contribution in [0.15, 0.2) is 23.8 Å². The zero-order chi connectivity index (χ0) is 9.84. The standard InChI is InChI=1S/C10H11F2N/c1-7(6-13)2-8-3-9(11)5-10(12)4-8/h2-5H,6,13H2,1H3/b7-2-. The van der Waals surface area contributed by atoms with Crippen LogP contribution in [0.2, 0.25) is 0 Å². The number of nitrogens with two attached hydrogens (primary N) is 1. The van der Waals surface area contributed by atoms with E-state index in [1.807, 2.05) is 6.92 Å². The molecule has 1 rings (SSSR count). The Kier molecular flexibility index (Phi) is 3.14. The molecular weight excluding hydrogens is 172 g/mol. The van der Waals surface area contributed by atoms with E-state index in [0.29, 0.717) is 12.1 Å². The second-order valence-electron chi connectivity index (χ2n) is 2.90. The molecular formula is C10H11F2N. The maximum absolute atomic E-state index is 12.7. The molecule has 0 atom stereocenters. The van der Waals surface area contributed by atoms with Crippen LogP contribution in [0.25, 0.3) is 6.08 Å². The molecule has 0 aliphatic rings. The van der Waals surface area contributed by atoms with Gasteiger partial charge in [-0.15, -0.1) is 0 Å². The van der Waals surface area contributed by atoms with Gasteiger partial charge in [0.25, 0.3) is 0 Å². The zero-order valence-electron chi connectivity index (χ0n) is 7.35. The van der Waals surface area contributed by atoms with Crippen molar-refractivity contribution in [3.05, 3.63) is 41.0 Å². The summed E-state index contributed by atoms with van der Waals surface area (Å²) < 4.78 is 25.4. The van der Waals surface area contributed by atoms with Gasteiger partial charge >= 0.3 is 0 Å². The average Bonchev–Trinajstić information content (AvgIpc) is 2.02. The summed E-state index contributed by atoms with van der Waals surface area (Å²) in [5, 5.41) is 0. The lowest BCUT2D eigenvalue weighted by Gasteiger charge is -1.98. The second kappa shape index (κ2) is 4.14. The number of rotatable bonds is 2. The summed E-state index contributed by atoms with van der Waals surface area (Å²) in [6.45, 7) is 2.20. The summed E-state index contributed by atoms with van der Waals surface area (Å²) in [5.74, 6) is -1.15. The highest BCUT2D eigenvalue weighted by atomic mass is 19.1. The van der Waals surface area contributed by atoms with Gasteiger partial charge in [0.1, 0.15) is 11.6 Å². The Labute approximate surface area is 75.9 Å². The summed E-state index contributed by atoms with van der Waals surface area (Å²) in [6.07, 6.45) is 1.66. The first-order chi connectivity index (χ1) is 6.11. The van der Waals surface area contributed by atoms with Gasteiger partial charge in [-0.05, 0) is 24.6 Å². The van der Waals surface area contributed by atoms with Crippen LogP contribution in [0.4, 0.5) is 8.78 Å². The first-order valence-corrected chi connectivity index (χ1v) is 3.95. The fraction of sp³-hybridized carbons (Fsp3) is 0.200. The summed E-state index contributed by atoms with van der Waals surface area (Å²) in [7, 11) is 0. The van der Waals surface area contributed by atoms with E-state index in [9.17, 15) is 8.78 Å². The van der Waals surface area contributed by atoms with Gasteiger partial charge < -0.3 is 5.73 Å². The van der Waals surface area contributed by atoms with Crippen molar-refractivity contribution in [2.24, 2.45) is 5.73 Å². The summed E-state index contributed by atoms with van der Waals surface area (Å²) >= 11 is 0. The van der Waals surface area contributed by atoms with Crippen molar-refractivity contribution in [1.29, 1.82) is 0 Å².